The normalized spacial score (nSPS) is 16.9. The van der Waals surface area contributed by atoms with Crippen LogP contribution in [-0.2, 0) is 4.79 Å². The first-order valence-corrected chi connectivity index (χ1v) is 5.42. The Hall–Kier alpha value is -2.70. The second-order valence-electron chi connectivity index (χ2n) is 4.06. The van der Waals surface area contributed by atoms with Crippen LogP contribution in [0.25, 0.3) is 6.08 Å². The number of phenols is 1. The molecule has 0 aromatic heterocycles. The average Bonchev–Trinajstić information content (AvgIpc) is 2.59. The van der Waals surface area contributed by atoms with Crippen LogP contribution in [0.2, 0.25) is 0 Å². The predicted molar refractivity (Wildman–Crippen MR) is 68.6 cm³/mol. The lowest BCUT2D eigenvalue weighted by Gasteiger charge is -2.06. The number of amidine groups is 1. The van der Waals surface area contributed by atoms with Gasteiger partial charge in [-0.1, -0.05) is 6.07 Å². The van der Waals surface area contributed by atoms with Crippen LogP contribution in [-0.4, -0.2) is 33.7 Å². The Balaban J connectivity index is 2.42. The summed E-state index contributed by atoms with van der Waals surface area (Å²) in [5.74, 6) is -0.126. The minimum atomic E-state index is -0.686. The van der Waals surface area contributed by atoms with Gasteiger partial charge < -0.3 is 5.11 Å². The number of hydrogen-bond acceptors (Lipinski definition) is 5. The van der Waals surface area contributed by atoms with Crippen LogP contribution in [0.1, 0.15) is 12.5 Å². The van der Waals surface area contributed by atoms with Gasteiger partial charge >= 0.3 is 5.69 Å². The van der Waals surface area contributed by atoms with Crippen LogP contribution in [0.4, 0.5) is 5.69 Å². The van der Waals surface area contributed by atoms with Crippen LogP contribution >= 0.6 is 0 Å². The third-order valence-electron chi connectivity index (χ3n) is 2.79. The largest absolute Gasteiger partial charge is 0.502 e. The zero-order valence-corrected chi connectivity index (χ0v) is 10.3. The van der Waals surface area contributed by atoms with E-state index >= 15 is 0 Å². The molecule has 1 amide bonds. The standard InChI is InChI=1S/C12H11N3O4/c1-7-13-9(12(17)14(7)2)5-8-3-4-11(16)10(6-8)15(18)19/h3-6,16H,1-2H3/b9-5+. The summed E-state index contributed by atoms with van der Waals surface area (Å²) in [6.07, 6.45) is 1.45. The number of amides is 1. The lowest BCUT2D eigenvalue weighted by molar-refractivity contribution is -0.385. The molecular formula is C12H11N3O4. The molecule has 7 heteroatoms. The molecule has 1 aromatic rings. The fourth-order valence-corrected chi connectivity index (χ4v) is 1.64. The molecule has 19 heavy (non-hydrogen) atoms. The van der Waals surface area contributed by atoms with Gasteiger partial charge in [-0.25, -0.2) is 4.99 Å². The van der Waals surface area contributed by atoms with Crippen molar-refractivity contribution in [3.8, 4) is 5.75 Å². The number of phenolic OH excluding ortho intramolecular Hbond substituents is 1. The summed E-state index contributed by atoms with van der Waals surface area (Å²) in [7, 11) is 1.60. The maximum absolute atomic E-state index is 11.8. The van der Waals surface area contributed by atoms with Gasteiger partial charge in [0.1, 0.15) is 11.5 Å². The van der Waals surface area contributed by atoms with E-state index in [4.69, 9.17) is 0 Å². The second kappa shape index (κ2) is 4.52. The van der Waals surface area contributed by atoms with Gasteiger partial charge in [0.2, 0.25) is 0 Å². The van der Waals surface area contributed by atoms with E-state index in [0.717, 1.165) is 0 Å². The molecule has 2 rings (SSSR count). The van der Waals surface area contributed by atoms with Gasteiger partial charge in [-0.15, -0.1) is 0 Å². The van der Waals surface area contributed by atoms with E-state index in [9.17, 15) is 20.0 Å². The Morgan fingerprint density at radius 3 is 2.68 bits per heavy atom. The van der Waals surface area contributed by atoms with Crippen molar-refractivity contribution in [2.24, 2.45) is 4.99 Å². The predicted octanol–water partition coefficient (Wildman–Crippen LogP) is 1.53. The van der Waals surface area contributed by atoms with Crippen molar-refractivity contribution in [2.45, 2.75) is 6.92 Å². The topological polar surface area (TPSA) is 96.0 Å². The molecule has 0 unspecified atom stereocenters. The van der Waals surface area contributed by atoms with E-state index in [-0.39, 0.29) is 11.6 Å². The van der Waals surface area contributed by atoms with Gasteiger partial charge in [0.05, 0.1) is 4.92 Å². The highest BCUT2D eigenvalue weighted by atomic mass is 16.6. The molecule has 1 aromatic carbocycles. The van der Waals surface area contributed by atoms with Gasteiger partial charge in [-0.3, -0.25) is 19.8 Å². The van der Waals surface area contributed by atoms with Gasteiger partial charge in [0.15, 0.2) is 5.75 Å². The third-order valence-corrected chi connectivity index (χ3v) is 2.79. The van der Waals surface area contributed by atoms with Crippen LogP contribution in [0.15, 0.2) is 28.9 Å². The lowest BCUT2D eigenvalue weighted by atomic mass is 10.1. The van der Waals surface area contributed by atoms with Crippen LogP contribution < -0.4 is 0 Å². The molecule has 1 aliphatic rings. The van der Waals surface area contributed by atoms with E-state index in [1.165, 1.54) is 29.2 Å². The quantitative estimate of drug-likeness (QED) is 0.496. The number of carbonyl (C=O) groups is 1. The molecule has 1 aliphatic heterocycles. The number of aromatic hydroxyl groups is 1. The summed E-state index contributed by atoms with van der Waals surface area (Å²) in [6, 6.07) is 3.88. The smallest absolute Gasteiger partial charge is 0.311 e. The highest BCUT2D eigenvalue weighted by molar-refractivity contribution is 6.13. The molecule has 7 nitrogen and oxygen atoms in total. The molecule has 0 aliphatic carbocycles. The molecular weight excluding hydrogens is 250 g/mol. The highest BCUT2D eigenvalue weighted by Gasteiger charge is 2.24. The first-order valence-electron chi connectivity index (χ1n) is 5.42. The van der Waals surface area contributed by atoms with Crippen molar-refractivity contribution in [1.29, 1.82) is 0 Å². The molecule has 1 heterocycles. The number of nitro benzene ring substituents is 1. The Bertz CT molecular complexity index is 634. The second-order valence-corrected chi connectivity index (χ2v) is 4.06. The van der Waals surface area contributed by atoms with Crippen molar-refractivity contribution in [3.05, 3.63) is 39.6 Å². The molecule has 1 N–H and O–H groups in total. The number of hydrogen-bond donors (Lipinski definition) is 1. The van der Waals surface area contributed by atoms with Crippen molar-refractivity contribution in [1.82, 2.24) is 4.90 Å². The van der Waals surface area contributed by atoms with Crippen LogP contribution in [0.3, 0.4) is 0 Å². The van der Waals surface area contributed by atoms with Gasteiger partial charge in [0, 0.05) is 13.1 Å². The molecule has 0 bridgehead atoms. The molecule has 0 spiro atoms. The van der Waals surface area contributed by atoms with Crippen molar-refractivity contribution in [3.63, 3.8) is 0 Å². The van der Waals surface area contributed by atoms with E-state index in [2.05, 4.69) is 4.99 Å². The van der Waals surface area contributed by atoms with Gasteiger partial charge in [-0.2, -0.15) is 0 Å². The van der Waals surface area contributed by atoms with E-state index in [1.54, 1.807) is 14.0 Å². The summed E-state index contributed by atoms with van der Waals surface area (Å²) >= 11 is 0. The van der Waals surface area contributed by atoms with E-state index < -0.39 is 16.4 Å². The number of aliphatic imine (C=N–C) groups is 1. The SMILES string of the molecule is CC1=N/C(=C/c2ccc(O)c([N+](=O)[O-])c2)C(=O)N1C. The zero-order valence-electron chi connectivity index (χ0n) is 10.3. The Kier molecular flexibility index (Phi) is 3.04. The fourth-order valence-electron chi connectivity index (χ4n) is 1.64. The minimum Gasteiger partial charge on any atom is -0.502 e. The number of rotatable bonds is 2. The third kappa shape index (κ3) is 2.30. The highest BCUT2D eigenvalue weighted by Crippen LogP contribution is 2.28. The molecule has 0 atom stereocenters. The summed E-state index contributed by atoms with van der Waals surface area (Å²) in [5, 5.41) is 20.0. The molecule has 98 valence electrons. The zero-order chi connectivity index (χ0) is 14.2. The Morgan fingerprint density at radius 1 is 1.47 bits per heavy atom. The minimum absolute atomic E-state index is 0.208. The number of carbonyl (C=O) groups excluding carboxylic acids is 1. The average molecular weight is 261 g/mol. The maximum atomic E-state index is 11.8. The fraction of sp³-hybridized carbons (Fsp3) is 0.167. The Morgan fingerprint density at radius 2 is 2.16 bits per heavy atom. The van der Waals surface area contributed by atoms with Gasteiger partial charge in [-0.05, 0) is 24.6 Å². The molecule has 0 saturated carbocycles. The molecule has 0 radical (unpaired) electrons. The first-order chi connectivity index (χ1) is 8.90. The summed E-state index contributed by atoms with van der Waals surface area (Å²) in [6.45, 7) is 1.69. The summed E-state index contributed by atoms with van der Waals surface area (Å²) in [4.78, 5) is 27.2. The Labute approximate surface area is 108 Å². The number of nitrogens with zero attached hydrogens (tertiary/aromatic N) is 3. The summed E-state index contributed by atoms with van der Waals surface area (Å²) < 4.78 is 0. The number of nitro groups is 1. The first kappa shape index (κ1) is 12.7. The maximum Gasteiger partial charge on any atom is 0.311 e. The lowest BCUT2D eigenvalue weighted by Crippen LogP contribution is -2.25. The monoisotopic (exact) mass is 261 g/mol. The number of benzene rings is 1. The van der Waals surface area contributed by atoms with Crippen molar-refractivity contribution >= 4 is 23.5 Å². The van der Waals surface area contributed by atoms with E-state index in [1.807, 2.05) is 0 Å². The van der Waals surface area contributed by atoms with Crippen LogP contribution in [0, 0.1) is 10.1 Å². The summed E-state index contributed by atoms with van der Waals surface area (Å²) in [5.41, 5.74) is 0.230. The number of likely N-dealkylation sites (N-methyl/N-ethyl adjacent to an activating group) is 1. The molecule has 0 saturated heterocycles. The van der Waals surface area contributed by atoms with Crippen molar-refractivity contribution in [2.75, 3.05) is 7.05 Å². The van der Waals surface area contributed by atoms with E-state index in [0.29, 0.717) is 11.4 Å². The van der Waals surface area contributed by atoms with Crippen LogP contribution in [0.5, 0.6) is 5.75 Å². The molecule has 0 fully saturated rings. The van der Waals surface area contributed by atoms with Crippen molar-refractivity contribution < 1.29 is 14.8 Å². The van der Waals surface area contributed by atoms with Gasteiger partial charge in [0.25, 0.3) is 5.91 Å².